The molecule has 6 nitrogen and oxygen atoms in total. The summed E-state index contributed by atoms with van der Waals surface area (Å²) in [5.41, 5.74) is 0.143. The van der Waals surface area contributed by atoms with E-state index in [1.807, 2.05) is 0 Å². The highest BCUT2D eigenvalue weighted by atomic mass is 19.1. The van der Waals surface area contributed by atoms with Crippen molar-refractivity contribution in [3.63, 3.8) is 0 Å². The summed E-state index contributed by atoms with van der Waals surface area (Å²) in [6.45, 7) is 2.09. The van der Waals surface area contributed by atoms with Gasteiger partial charge in [0.2, 0.25) is 0 Å². The number of aromatic nitrogens is 4. The van der Waals surface area contributed by atoms with E-state index in [1.165, 1.54) is 23.0 Å². The molecule has 0 atom stereocenters. The van der Waals surface area contributed by atoms with E-state index in [4.69, 9.17) is 4.74 Å². The van der Waals surface area contributed by atoms with E-state index in [0.29, 0.717) is 24.7 Å². The number of carbonyl (C=O) groups excluding carboxylic acids is 1. The van der Waals surface area contributed by atoms with Crippen LogP contribution in [-0.4, -0.2) is 32.3 Å². The number of aryl methyl sites for hydroxylation is 2. The fourth-order valence-electron chi connectivity index (χ4n) is 1.75. The standard InChI is InChI=1S/C13H15FN4O2/c1-3-20-11(19)7-6-10-16-13(18(2)17-10)12-9(14)5-4-8-15-12/h4-5,8H,3,6-7H2,1-2H3. The Labute approximate surface area is 115 Å². The Hall–Kier alpha value is -2.31. The summed E-state index contributed by atoms with van der Waals surface area (Å²) in [5, 5.41) is 4.15. The molecule has 0 fully saturated rings. The van der Waals surface area contributed by atoms with Crippen LogP contribution in [0.2, 0.25) is 0 Å². The topological polar surface area (TPSA) is 69.9 Å². The molecular formula is C13H15FN4O2. The second-order valence-corrected chi connectivity index (χ2v) is 4.11. The van der Waals surface area contributed by atoms with Crippen LogP contribution < -0.4 is 0 Å². The van der Waals surface area contributed by atoms with E-state index >= 15 is 0 Å². The molecule has 0 bridgehead atoms. The van der Waals surface area contributed by atoms with Crippen molar-refractivity contribution in [1.82, 2.24) is 19.7 Å². The molecule has 0 aromatic carbocycles. The molecule has 0 aliphatic carbocycles. The van der Waals surface area contributed by atoms with Crippen LogP contribution in [0.5, 0.6) is 0 Å². The molecule has 2 aromatic heterocycles. The fourth-order valence-corrected chi connectivity index (χ4v) is 1.75. The normalized spacial score (nSPS) is 10.6. The van der Waals surface area contributed by atoms with Crippen molar-refractivity contribution in [2.45, 2.75) is 19.8 Å². The molecule has 0 amide bonds. The minimum Gasteiger partial charge on any atom is -0.466 e. The molecular weight excluding hydrogens is 263 g/mol. The number of halogens is 1. The van der Waals surface area contributed by atoms with Crippen LogP contribution in [0, 0.1) is 5.82 Å². The summed E-state index contributed by atoms with van der Waals surface area (Å²) < 4.78 is 19.9. The third-order valence-electron chi connectivity index (χ3n) is 2.64. The Morgan fingerprint density at radius 2 is 2.30 bits per heavy atom. The average Bonchev–Trinajstić information content (AvgIpc) is 2.79. The van der Waals surface area contributed by atoms with E-state index in [-0.39, 0.29) is 18.1 Å². The number of rotatable bonds is 5. The zero-order chi connectivity index (χ0) is 14.5. The largest absolute Gasteiger partial charge is 0.466 e. The highest BCUT2D eigenvalue weighted by Gasteiger charge is 2.15. The van der Waals surface area contributed by atoms with Gasteiger partial charge in [-0.05, 0) is 19.1 Å². The van der Waals surface area contributed by atoms with Crippen LogP contribution in [0.3, 0.4) is 0 Å². The van der Waals surface area contributed by atoms with Crippen LogP contribution in [0.15, 0.2) is 18.3 Å². The maximum absolute atomic E-state index is 13.7. The molecule has 20 heavy (non-hydrogen) atoms. The first-order valence-electron chi connectivity index (χ1n) is 6.28. The van der Waals surface area contributed by atoms with Gasteiger partial charge in [0.15, 0.2) is 17.5 Å². The van der Waals surface area contributed by atoms with Crippen LogP contribution in [-0.2, 0) is 23.0 Å². The monoisotopic (exact) mass is 278 g/mol. The van der Waals surface area contributed by atoms with Gasteiger partial charge in [0.05, 0.1) is 13.0 Å². The lowest BCUT2D eigenvalue weighted by molar-refractivity contribution is -0.143. The first kappa shape index (κ1) is 14.1. The van der Waals surface area contributed by atoms with E-state index in [2.05, 4.69) is 15.1 Å². The number of ether oxygens (including phenoxy) is 1. The van der Waals surface area contributed by atoms with Crippen molar-refractivity contribution < 1.29 is 13.9 Å². The summed E-state index contributed by atoms with van der Waals surface area (Å²) in [7, 11) is 1.66. The molecule has 0 saturated heterocycles. The van der Waals surface area contributed by atoms with Gasteiger partial charge in [-0.1, -0.05) is 0 Å². The second-order valence-electron chi connectivity index (χ2n) is 4.11. The number of esters is 1. The highest BCUT2D eigenvalue weighted by Crippen LogP contribution is 2.17. The van der Waals surface area contributed by atoms with Crippen LogP contribution in [0.25, 0.3) is 11.5 Å². The molecule has 7 heteroatoms. The third kappa shape index (κ3) is 3.17. The van der Waals surface area contributed by atoms with Gasteiger partial charge < -0.3 is 4.74 Å². The van der Waals surface area contributed by atoms with Crippen molar-refractivity contribution in [3.8, 4) is 11.5 Å². The molecule has 0 aliphatic rings. The van der Waals surface area contributed by atoms with Gasteiger partial charge in [0.1, 0.15) is 5.69 Å². The Morgan fingerprint density at radius 3 is 3.00 bits per heavy atom. The van der Waals surface area contributed by atoms with E-state index in [1.54, 1.807) is 14.0 Å². The van der Waals surface area contributed by atoms with Gasteiger partial charge in [0, 0.05) is 19.7 Å². The first-order chi connectivity index (χ1) is 9.61. The number of pyridine rings is 1. The van der Waals surface area contributed by atoms with Crippen LogP contribution in [0.1, 0.15) is 19.2 Å². The highest BCUT2D eigenvalue weighted by molar-refractivity contribution is 5.69. The predicted octanol–water partition coefficient (Wildman–Crippen LogP) is 1.51. The molecule has 0 radical (unpaired) electrons. The number of nitrogens with zero attached hydrogens (tertiary/aromatic N) is 4. The average molecular weight is 278 g/mol. The van der Waals surface area contributed by atoms with E-state index in [0.717, 1.165) is 0 Å². The predicted molar refractivity (Wildman–Crippen MR) is 69.1 cm³/mol. The molecule has 0 spiro atoms. The lowest BCUT2D eigenvalue weighted by atomic mass is 10.3. The number of hydrogen-bond donors (Lipinski definition) is 0. The maximum atomic E-state index is 13.7. The minimum atomic E-state index is -0.458. The molecule has 2 heterocycles. The zero-order valence-electron chi connectivity index (χ0n) is 11.3. The van der Waals surface area contributed by atoms with Crippen LogP contribution in [0.4, 0.5) is 4.39 Å². The van der Waals surface area contributed by atoms with Crippen molar-refractivity contribution in [1.29, 1.82) is 0 Å². The third-order valence-corrected chi connectivity index (χ3v) is 2.64. The first-order valence-corrected chi connectivity index (χ1v) is 6.28. The van der Waals surface area contributed by atoms with E-state index < -0.39 is 5.82 Å². The van der Waals surface area contributed by atoms with E-state index in [9.17, 15) is 9.18 Å². The summed E-state index contributed by atoms with van der Waals surface area (Å²) in [6, 6.07) is 2.83. The van der Waals surface area contributed by atoms with Crippen molar-refractivity contribution in [2.75, 3.05) is 6.61 Å². The minimum absolute atomic E-state index is 0.143. The molecule has 0 saturated carbocycles. The van der Waals surface area contributed by atoms with Gasteiger partial charge in [-0.25, -0.2) is 19.0 Å². The van der Waals surface area contributed by atoms with Gasteiger partial charge in [-0.3, -0.25) is 4.79 Å². The van der Waals surface area contributed by atoms with Crippen molar-refractivity contribution in [3.05, 3.63) is 30.0 Å². The molecule has 0 N–H and O–H groups in total. The summed E-state index contributed by atoms with van der Waals surface area (Å²) in [4.78, 5) is 19.4. The Morgan fingerprint density at radius 1 is 1.50 bits per heavy atom. The number of carbonyl (C=O) groups is 1. The fraction of sp³-hybridized carbons (Fsp3) is 0.385. The smallest absolute Gasteiger partial charge is 0.306 e. The number of hydrogen-bond acceptors (Lipinski definition) is 5. The quantitative estimate of drug-likeness (QED) is 0.775. The molecule has 2 rings (SSSR count). The second kappa shape index (κ2) is 6.23. The summed E-state index contributed by atoms with van der Waals surface area (Å²) in [5.74, 6) is 0.0352. The summed E-state index contributed by atoms with van der Waals surface area (Å²) >= 11 is 0. The Kier molecular flexibility index (Phi) is 4.39. The Bertz CT molecular complexity index is 612. The van der Waals surface area contributed by atoms with Gasteiger partial charge in [-0.15, -0.1) is 0 Å². The van der Waals surface area contributed by atoms with Gasteiger partial charge >= 0.3 is 5.97 Å². The summed E-state index contributed by atoms with van der Waals surface area (Å²) in [6.07, 6.45) is 2.04. The zero-order valence-corrected chi connectivity index (χ0v) is 11.3. The lowest BCUT2D eigenvalue weighted by Gasteiger charge is -1.99. The molecule has 0 aliphatic heterocycles. The SMILES string of the molecule is CCOC(=O)CCc1nc(-c2ncccc2F)n(C)n1. The lowest BCUT2D eigenvalue weighted by Crippen LogP contribution is -2.06. The van der Waals surface area contributed by atoms with Gasteiger partial charge in [0.25, 0.3) is 0 Å². The maximum Gasteiger partial charge on any atom is 0.306 e. The van der Waals surface area contributed by atoms with Gasteiger partial charge in [-0.2, -0.15) is 5.10 Å². The Balaban J connectivity index is 2.14. The molecule has 106 valence electrons. The molecule has 2 aromatic rings. The van der Waals surface area contributed by atoms with Crippen LogP contribution >= 0.6 is 0 Å². The molecule has 0 unspecified atom stereocenters. The van der Waals surface area contributed by atoms with Crippen molar-refractivity contribution >= 4 is 5.97 Å². The van der Waals surface area contributed by atoms with Crippen molar-refractivity contribution in [2.24, 2.45) is 7.05 Å².